The van der Waals surface area contributed by atoms with Gasteiger partial charge < -0.3 is 4.42 Å². The lowest BCUT2D eigenvalue weighted by atomic mass is 9.82. The standard InChI is InChI=1S/C52H46OS/c1-27-19-33(51(5,6)7)20-28(2)43(27)47-39-25-32-24-38-40(26-31(32)23-37(39)45-35-15-11-13-17-41(35)53-49(45)47)48(50-46(38)36-16-12-14-18-42(36)54-50)44-29(3)21-34(22-30(44)4)52(8,9)10/h11-26H,1-10H3. The van der Waals surface area contributed by atoms with Crippen LogP contribution >= 0.6 is 11.3 Å². The van der Waals surface area contributed by atoms with Crippen LogP contribution in [-0.2, 0) is 10.8 Å². The van der Waals surface area contributed by atoms with Crippen molar-refractivity contribution in [3.8, 4) is 22.3 Å². The number of rotatable bonds is 2. The van der Waals surface area contributed by atoms with Crippen LogP contribution in [0.1, 0.15) is 96.7 Å². The molecule has 0 amide bonds. The summed E-state index contributed by atoms with van der Waals surface area (Å²) >= 11 is 1.94. The molecule has 2 aromatic heterocycles. The molecule has 2 heterocycles. The van der Waals surface area contributed by atoms with Crippen molar-refractivity contribution in [1.82, 2.24) is 0 Å². The van der Waals surface area contributed by atoms with Gasteiger partial charge in [-0.05, 0) is 152 Å². The van der Waals surface area contributed by atoms with Gasteiger partial charge in [0.05, 0.1) is 0 Å². The maximum atomic E-state index is 6.85. The molecular formula is C52H46OS. The normalized spacial score (nSPS) is 13.7. The van der Waals surface area contributed by atoms with Crippen molar-refractivity contribution in [2.45, 2.75) is 80.1 Å². The minimum absolute atomic E-state index is 0.0691. The summed E-state index contributed by atoms with van der Waals surface area (Å²) in [6, 6.07) is 37.1. The molecule has 2 aliphatic carbocycles. The van der Waals surface area contributed by atoms with Gasteiger partial charge >= 0.3 is 0 Å². The van der Waals surface area contributed by atoms with E-state index in [4.69, 9.17) is 4.42 Å². The quantitative estimate of drug-likeness (QED) is 0.173. The summed E-state index contributed by atoms with van der Waals surface area (Å²) < 4.78 is 8.20. The van der Waals surface area contributed by atoms with Gasteiger partial charge in [-0.2, -0.15) is 0 Å². The lowest BCUT2D eigenvalue weighted by molar-refractivity contribution is 0.588. The summed E-state index contributed by atoms with van der Waals surface area (Å²) in [5.41, 5.74) is 19.6. The third-order valence-electron chi connectivity index (χ3n) is 12.1. The second-order valence-electron chi connectivity index (χ2n) is 18.0. The van der Waals surface area contributed by atoms with E-state index in [1.54, 1.807) is 0 Å². The number of benzene rings is 6. The second kappa shape index (κ2) is 11.2. The van der Waals surface area contributed by atoms with Crippen LogP contribution in [0.25, 0.3) is 65.2 Å². The summed E-state index contributed by atoms with van der Waals surface area (Å²) in [5, 5.41) is 7.66. The Bertz CT molecular complexity index is 2830. The van der Waals surface area contributed by atoms with E-state index in [0.29, 0.717) is 0 Å². The molecule has 0 unspecified atom stereocenters. The zero-order valence-electron chi connectivity index (χ0n) is 33.1. The molecule has 6 aromatic carbocycles. The topological polar surface area (TPSA) is 13.1 Å². The van der Waals surface area contributed by atoms with E-state index < -0.39 is 0 Å². The number of hydrogen-bond acceptors (Lipinski definition) is 2. The Kier molecular flexibility index (Phi) is 6.92. The van der Waals surface area contributed by atoms with Crippen LogP contribution in [0.3, 0.4) is 0 Å². The van der Waals surface area contributed by atoms with E-state index >= 15 is 0 Å². The Hall–Kier alpha value is -5.18. The lowest BCUT2D eigenvalue weighted by Crippen LogP contribution is -2.14. The van der Waals surface area contributed by atoms with Gasteiger partial charge in [-0.15, -0.1) is 11.3 Å². The summed E-state index contributed by atoms with van der Waals surface area (Å²) in [6.07, 6.45) is 0. The summed E-state index contributed by atoms with van der Waals surface area (Å²) in [6.45, 7) is 23.0. The third kappa shape index (κ3) is 4.69. The zero-order valence-corrected chi connectivity index (χ0v) is 33.9. The van der Waals surface area contributed by atoms with Gasteiger partial charge in [0.1, 0.15) is 11.3 Å². The van der Waals surface area contributed by atoms with Gasteiger partial charge in [0.15, 0.2) is 0 Å². The van der Waals surface area contributed by atoms with Crippen molar-refractivity contribution in [2.75, 3.05) is 0 Å². The number of furan rings is 1. The summed E-state index contributed by atoms with van der Waals surface area (Å²) in [7, 11) is 0. The van der Waals surface area contributed by atoms with Crippen molar-refractivity contribution in [2.24, 2.45) is 0 Å². The summed E-state index contributed by atoms with van der Waals surface area (Å²) in [5.74, 6) is 0.993. The maximum Gasteiger partial charge on any atom is 0.144 e. The molecule has 0 atom stereocenters. The molecule has 0 bridgehead atoms. The first kappa shape index (κ1) is 33.4. The zero-order chi connectivity index (χ0) is 37.6. The molecule has 1 nitrogen and oxygen atoms in total. The smallest absolute Gasteiger partial charge is 0.144 e. The van der Waals surface area contributed by atoms with Crippen LogP contribution in [0.2, 0.25) is 0 Å². The average Bonchev–Trinajstić information content (AvgIpc) is 3.83. The fourth-order valence-electron chi connectivity index (χ4n) is 9.48. The molecule has 54 heavy (non-hydrogen) atoms. The van der Waals surface area contributed by atoms with Crippen molar-refractivity contribution in [3.05, 3.63) is 163 Å². The number of para-hydroxylation sites is 1. The lowest BCUT2D eigenvalue weighted by Gasteiger charge is -2.23. The van der Waals surface area contributed by atoms with E-state index in [1.807, 2.05) is 11.3 Å². The van der Waals surface area contributed by atoms with Crippen molar-refractivity contribution in [1.29, 1.82) is 0 Å². The Morgan fingerprint density at radius 2 is 0.963 bits per heavy atom. The average molecular weight is 719 g/mol. The number of aryl methyl sites for hydroxylation is 4. The molecule has 0 fully saturated rings. The highest BCUT2D eigenvalue weighted by Gasteiger charge is 2.33. The number of thiophene rings is 1. The van der Waals surface area contributed by atoms with Gasteiger partial charge in [0.2, 0.25) is 0 Å². The predicted octanol–water partition coefficient (Wildman–Crippen LogP) is 13.1. The summed E-state index contributed by atoms with van der Waals surface area (Å²) in [4.78, 5) is 1.39. The molecule has 266 valence electrons. The molecule has 2 heteroatoms. The fraction of sp³-hybridized carbons (Fsp3) is 0.231. The first-order valence-electron chi connectivity index (χ1n) is 19.3. The van der Waals surface area contributed by atoms with E-state index in [9.17, 15) is 0 Å². The van der Waals surface area contributed by atoms with Crippen LogP contribution in [0, 0.1) is 27.7 Å². The minimum atomic E-state index is 0.0691. The molecule has 0 aliphatic heterocycles. The largest absolute Gasteiger partial charge is 0.455 e. The highest BCUT2D eigenvalue weighted by atomic mass is 32.1. The van der Waals surface area contributed by atoms with Crippen LogP contribution in [-0.4, -0.2) is 0 Å². The molecule has 0 N–H and O–H groups in total. The second-order valence-corrected chi connectivity index (χ2v) is 19.0. The minimum Gasteiger partial charge on any atom is -0.455 e. The molecule has 0 spiro atoms. The van der Waals surface area contributed by atoms with Crippen molar-refractivity contribution in [3.63, 3.8) is 0 Å². The first-order valence-corrected chi connectivity index (χ1v) is 20.2. The fourth-order valence-corrected chi connectivity index (χ4v) is 10.8. The maximum absolute atomic E-state index is 6.85. The number of hydrogen-bond donors (Lipinski definition) is 0. The van der Waals surface area contributed by atoms with E-state index in [-0.39, 0.29) is 10.8 Å². The van der Waals surface area contributed by atoms with Crippen LogP contribution < -0.4 is 10.4 Å². The third-order valence-corrected chi connectivity index (χ3v) is 13.3. The molecule has 10 rings (SSSR count). The monoisotopic (exact) mass is 718 g/mol. The van der Waals surface area contributed by atoms with Gasteiger partial charge in [0.25, 0.3) is 0 Å². The van der Waals surface area contributed by atoms with Gasteiger partial charge in [0, 0.05) is 42.6 Å². The van der Waals surface area contributed by atoms with Crippen molar-refractivity contribution < 1.29 is 4.42 Å². The Balaban J connectivity index is 1.32. The van der Waals surface area contributed by atoms with Gasteiger partial charge in [-0.25, -0.2) is 0 Å². The van der Waals surface area contributed by atoms with E-state index in [2.05, 4.69) is 166 Å². The predicted molar refractivity (Wildman–Crippen MR) is 232 cm³/mol. The highest BCUT2D eigenvalue weighted by Crippen LogP contribution is 2.49. The number of fused-ring (bicyclic) bond motifs is 11. The van der Waals surface area contributed by atoms with Crippen LogP contribution in [0.15, 0.2) is 101 Å². The van der Waals surface area contributed by atoms with Gasteiger partial charge in [-0.1, -0.05) is 102 Å². The Morgan fingerprint density at radius 3 is 1.54 bits per heavy atom. The molecule has 0 radical (unpaired) electrons. The molecule has 0 saturated carbocycles. The first-order chi connectivity index (χ1) is 25.7. The Morgan fingerprint density at radius 1 is 0.481 bits per heavy atom. The van der Waals surface area contributed by atoms with E-state index in [1.165, 1.54) is 119 Å². The SMILES string of the molecule is Cc1cc(C(C)(C)C)cc(C)c1C1=c2cc3cc4c(cc3cc2-c2c1oc1ccccc21)=C(c1c(C)cc(C(C)(C)C)cc1C)c1sc2ccccc2c1-4. The highest BCUT2D eigenvalue weighted by molar-refractivity contribution is 7.21. The molecule has 2 aliphatic rings. The van der Waals surface area contributed by atoms with Crippen LogP contribution in [0.5, 0.6) is 0 Å². The molecular weight excluding hydrogens is 673 g/mol. The Labute approximate surface area is 322 Å². The van der Waals surface area contributed by atoms with Gasteiger partial charge in [-0.3, -0.25) is 0 Å². The molecule has 0 saturated heterocycles. The molecule has 8 aromatic rings. The van der Waals surface area contributed by atoms with Crippen LogP contribution in [0.4, 0.5) is 0 Å². The van der Waals surface area contributed by atoms with Crippen molar-refractivity contribution >= 4 is 54.3 Å². The van der Waals surface area contributed by atoms with E-state index in [0.717, 1.165) is 11.3 Å².